The van der Waals surface area contributed by atoms with E-state index in [9.17, 15) is 9.59 Å². The second kappa shape index (κ2) is 7.43. The number of rotatable bonds is 3. The predicted octanol–water partition coefficient (Wildman–Crippen LogP) is 4.00. The molecule has 4 rings (SSSR count). The van der Waals surface area contributed by atoms with Crippen LogP contribution in [-0.2, 0) is 4.79 Å². The molecule has 2 aromatic rings. The number of fused-ring (bicyclic) bond motifs is 1. The summed E-state index contributed by atoms with van der Waals surface area (Å²) in [7, 11) is 0. The van der Waals surface area contributed by atoms with Crippen molar-refractivity contribution in [3.8, 4) is 0 Å². The average Bonchev–Trinajstić information content (AvgIpc) is 2.70. The van der Waals surface area contributed by atoms with Crippen LogP contribution in [0.1, 0.15) is 54.4 Å². The van der Waals surface area contributed by atoms with E-state index in [4.69, 9.17) is 4.99 Å². The summed E-state index contributed by atoms with van der Waals surface area (Å²) >= 11 is 0. The second-order valence-electron chi connectivity index (χ2n) is 7.36. The number of imide groups is 1. The number of carbonyl (C=O) groups excluding carboxylic acids is 2. The third kappa shape index (κ3) is 3.29. The van der Waals surface area contributed by atoms with Gasteiger partial charge in [-0.25, -0.2) is 9.88 Å². The van der Waals surface area contributed by atoms with Crippen LogP contribution in [-0.4, -0.2) is 29.1 Å². The van der Waals surface area contributed by atoms with Crippen molar-refractivity contribution in [3.05, 3.63) is 59.8 Å². The molecule has 3 atom stereocenters. The number of amides is 2. The molecule has 1 aliphatic carbocycles. The summed E-state index contributed by atoms with van der Waals surface area (Å²) in [6.07, 6.45) is 8.01. The summed E-state index contributed by atoms with van der Waals surface area (Å²) in [5.74, 6) is -0.298. The van der Waals surface area contributed by atoms with E-state index in [0.29, 0.717) is 17.3 Å². The first-order chi connectivity index (χ1) is 13.2. The number of carbonyl (C=O) groups is 2. The lowest BCUT2D eigenvalue weighted by atomic mass is 9.85. The number of anilines is 1. The molecule has 0 bridgehead atoms. The minimum Gasteiger partial charge on any atom is -0.293 e. The van der Waals surface area contributed by atoms with Crippen LogP contribution in [0.4, 0.5) is 5.82 Å². The number of nitrogens with zero attached hydrogens (tertiary/aromatic N) is 3. The summed E-state index contributed by atoms with van der Waals surface area (Å²) in [5.41, 5.74) is 1.27. The lowest BCUT2D eigenvalue weighted by Gasteiger charge is -2.31. The molecular formula is C22H23N3O2. The predicted molar refractivity (Wildman–Crippen MR) is 105 cm³/mol. The molecule has 2 amide bonds. The molecule has 1 aromatic carbocycles. The first-order valence-electron chi connectivity index (χ1n) is 9.58. The summed E-state index contributed by atoms with van der Waals surface area (Å²) < 4.78 is 0. The van der Waals surface area contributed by atoms with Gasteiger partial charge >= 0.3 is 0 Å². The Morgan fingerprint density at radius 2 is 1.85 bits per heavy atom. The minimum atomic E-state index is -0.560. The molecule has 0 N–H and O–H groups in total. The van der Waals surface area contributed by atoms with E-state index in [1.807, 2.05) is 18.2 Å². The van der Waals surface area contributed by atoms with Crippen LogP contribution in [0.2, 0.25) is 0 Å². The van der Waals surface area contributed by atoms with Crippen LogP contribution >= 0.6 is 0 Å². The molecule has 1 unspecified atom stereocenters. The first-order valence-corrected chi connectivity index (χ1v) is 9.58. The van der Waals surface area contributed by atoms with Gasteiger partial charge in [-0.2, -0.15) is 0 Å². The molecule has 2 heterocycles. The highest BCUT2D eigenvalue weighted by Crippen LogP contribution is 2.32. The Morgan fingerprint density at radius 1 is 1.07 bits per heavy atom. The fourth-order valence-corrected chi connectivity index (χ4v) is 4.02. The molecule has 5 heteroatoms. The van der Waals surface area contributed by atoms with Crippen LogP contribution in [0.5, 0.6) is 0 Å². The summed E-state index contributed by atoms with van der Waals surface area (Å²) in [4.78, 5) is 36.4. The van der Waals surface area contributed by atoms with Crippen molar-refractivity contribution in [1.82, 2.24) is 4.98 Å². The van der Waals surface area contributed by atoms with Crippen LogP contribution in [0.25, 0.3) is 0 Å². The van der Waals surface area contributed by atoms with Crippen molar-refractivity contribution in [2.24, 2.45) is 10.9 Å². The van der Waals surface area contributed by atoms with Gasteiger partial charge in [0.2, 0.25) is 5.91 Å². The lowest BCUT2D eigenvalue weighted by Crippen LogP contribution is -2.46. The molecule has 0 saturated heterocycles. The van der Waals surface area contributed by atoms with Gasteiger partial charge in [0.05, 0.1) is 12.0 Å². The highest BCUT2D eigenvalue weighted by molar-refractivity contribution is 6.28. The highest BCUT2D eigenvalue weighted by Gasteiger charge is 2.39. The van der Waals surface area contributed by atoms with E-state index in [2.05, 4.69) is 11.9 Å². The van der Waals surface area contributed by atoms with E-state index < -0.39 is 5.92 Å². The van der Waals surface area contributed by atoms with Gasteiger partial charge < -0.3 is 0 Å². The summed E-state index contributed by atoms with van der Waals surface area (Å²) in [6.45, 7) is 2.22. The van der Waals surface area contributed by atoms with Gasteiger partial charge in [0.1, 0.15) is 5.82 Å². The Kier molecular flexibility index (Phi) is 4.84. The molecule has 1 aliphatic heterocycles. The fraction of sp³-hybridized carbons (Fsp3) is 0.364. The number of hydrogen-bond donors (Lipinski definition) is 0. The molecule has 1 aromatic heterocycles. The number of benzene rings is 1. The summed E-state index contributed by atoms with van der Waals surface area (Å²) in [5, 5.41) is 0. The van der Waals surface area contributed by atoms with E-state index in [0.717, 1.165) is 12.0 Å². The molecule has 0 radical (unpaired) electrons. The zero-order valence-corrected chi connectivity index (χ0v) is 15.4. The molecule has 1 fully saturated rings. The Hall–Kier alpha value is -2.82. The maximum Gasteiger partial charge on any atom is 0.266 e. The van der Waals surface area contributed by atoms with Crippen molar-refractivity contribution in [2.45, 2.75) is 44.6 Å². The molecule has 0 spiro atoms. The smallest absolute Gasteiger partial charge is 0.266 e. The van der Waals surface area contributed by atoms with E-state index in [1.54, 1.807) is 36.7 Å². The molecule has 1 saturated carbocycles. The second-order valence-corrected chi connectivity index (χ2v) is 7.36. The third-order valence-electron chi connectivity index (χ3n) is 5.59. The Balaban J connectivity index is 1.72. The Labute approximate surface area is 159 Å². The normalized spacial score (nSPS) is 25.7. The van der Waals surface area contributed by atoms with Crippen molar-refractivity contribution >= 4 is 23.8 Å². The van der Waals surface area contributed by atoms with Crippen LogP contribution in [0.3, 0.4) is 0 Å². The van der Waals surface area contributed by atoms with Gasteiger partial charge in [-0.1, -0.05) is 44.0 Å². The molecule has 138 valence electrons. The molecule has 27 heavy (non-hydrogen) atoms. The van der Waals surface area contributed by atoms with Gasteiger partial charge in [-0.3, -0.25) is 14.6 Å². The average molecular weight is 361 g/mol. The minimum absolute atomic E-state index is 0.250. The largest absolute Gasteiger partial charge is 0.293 e. The number of aliphatic imine (C=N–C) groups is 1. The number of aromatic nitrogens is 1. The van der Waals surface area contributed by atoms with Crippen LogP contribution in [0, 0.1) is 5.92 Å². The lowest BCUT2D eigenvalue weighted by molar-refractivity contribution is -0.118. The summed E-state index contributed by atoms with van der Waals surface area (Å²) in [6, 6.07) is 12.8. The number of hydrogen-bond acceptors (Lipinski definition) is 4. The fourth-order valence-electron chi connectivity index (χ4n) is 4.02. The molecule has 2 aliphatic rings. The topological polar surface area (TPSA) is 62.6 Å². The van der Waals surface area contributed by atoms with Gasteiger partial charge in [0, 0.05) is 18.0 Å². The monoisotopic (exact) mass is 361 g/mol. The van der Waals surface area contributed by atoms with E-state index in [-0.39, 0.29) is 17.9 Å². The van der Waals surface area contributed by atoms with Crippen LogP contribution in [0.15, 0.2) is 53.7 Å². The Bertz CT molecular complexity index is 878. The maximum atomic E-state index is 13.2. The third-order valence-corrected chi connectivity index (χ3v) is 5.59. The SMILES string of the molecule is C[C@@H]1CCCC[C@@H]1N=CC1C(=O)N(c2ccccn2)C(=O)c2ccccc21. The van der Waals surface area contributed by atoms with Gasteiger partial charge in [-0.05, 0) is 42.5 Å². The van der Waals surface area contributed by atoms with E-state index in [1.165, 1.54) is 24.2 Å². The quantitative estimate of drug-likeness (QED) is 0.613. The first kappa shape index (κ1) is 17.6. The van der Waals surface area contributed by atoms with Crippen molar-refractivity contribution in [2.75, 3.05) is 4.90 Å². The van der Waals surface area contributed by atoms with E-state index >= 15 is 0 Å². The highest BCUT2D eigenvalue weighted by atomic mass is 16.2. The maximum absolute atomic E-state index is 13.2. The van der Waals surface area contributed by atoms with Gasteiger partial charge in [0.15, 0.2) is 0 Å². The zero-order valence-electron chi connectivity index (χ0n) is 15.4. The standard InChI is InChI=1S/C22H23N3O2/c1-15-8-2-5-11-19(15)24-14-18-16-9-3-4-10-17(16)21(26)25(22(18)27)20-12-6-7-13-23-20/h3-4,6-7,9-10,12-15,18-19H,2,5,8,11H2,1H3/t15-,18?,19+/m1/s1. The van der Waals surface area contributed by atoms with Crippen molar-refractivity contribution < 1.29 is 9.59 Å². The number of pyridine rings is 1. The zero-order chi connectivity index (χ0) is 18.8. The van der Waals surface area contributed by atoms with Gasteiger partial charge in [-0.15, -0.1) is 0 Å². The molecular weight excluding hydrogens is 338 g/mol. The van der Waals surface area contributed by atoms with Gasteiger partial charge in [0.25, 0.3) is 5.91 Å². The van der Waals surface area contributed by atoms with Crippen LogP contribution < -0.4 is 4.90 Å². The van der Waals surface area contributed by atoms with Crippen molar-refractivity contribution in [1.29, 1.82) is 0 Å². The van der Waals surface area contributed by atoms with Crippen molar-refractivity contribution in [3.63, 3.8) is 0 Å². The Morgan fingerprint density at radius 3 is 2.63 bits per heavy atom. The molecule has 5 nitrogen and oxygen atoms in total.